The predicted octanol–water partition coefficient (Wildman–Crippen LogP) is 3.45. The van der Waals surface area contributed by atoms with Crippen molar-refractivity contribution >= 4 is 28.9 Å². The van der Waals surface area contributed by atoms with Crippen molar-refractivity contribution in [1.82, 2.24) is 0 Å². The summed E-state index contributed by atoms with van der Waals surface area (Å²) in [6.07, 6.45) is 0. The molecule has 0 spiro atoms. The van der Waals surface area contributed by atoms with E-state index >= 15 is 0 Å². The largest absolute Gasteiger partial charge is 0.399 e. The second-order valence-electron chi connectivity index (χ2n) is 3.79. The Morgan fingerprint density at radius 3 is 2.68 bits per heavy atom. The number of benzene rings is 2. The van der Waals surface area contributed by atoms with E-state index in [1.807, 2.05) is 0 Å². The molecule has 0 fully saturated rings. The second kappa shape index (κ2) is 5.24. The Hall–Kier alpha value is -2.14. The summed E-state index contributed by atoms with van der Waals surface area (Å²) in [5, 5.41) is 2.11. The first-order chi connectivity index (χ1) is 8.99. The molecule has 0 radical (unpaired) electrons. The van der Waals surface area contributed by atoms with Gasteiger partial charge in [0.1, 0.15) is 5.82 Å². The van der Waals surface area contributed by atoms with E-state index in [0.29, 0.717) is 0 Å². The van der Waals surface area contributed by atoms with E-state index in [4.69, 9.17) is 17.3 Å². The molecule has 0 aliphatic heterocycles. The third kappa shape index (κ3) is 2.82. The average Bonchev–Trinajstić information content (AvgIpc) is 2.38. The Kier molecular flexibility index (Phi) is 3.66. The summed E-state index contributed by atoms with van der Waals surface area (Å²) in [5.41, 5.74) is 5.32. The van der Waals surface area contributed by atoms with Crippen LogP contribution in [0.1, 0.15) is 10.4 Å². The minimum Gasteiger partial charge on any atom is -0.399 e. The van der Waals surface area contributed by atoms with Crippen LogP contribution in [0.15, 0.2) is 36.4 Å². The van der Waals surface area contributed by atoms with Gasteiger partial charge in [-0.1, -0.05) is 17.7 Å². The molecule has 2 rings (SSSR count). The van der Waals surface area contributed by atoms with Gasteiger partial charge in [-0.05, 0) is 30.3 Å². The van der Waals surface area contributed by atoms with E-state index in [2.05, 4.69) is 5.32 Å². The van der Waals surface area contributed by atoms with Crippen LogP contribution in [0, 0.1) is 11.6 Å². The van der Waals surface area contributed by atoms with Crippen molar-refractivity contribution in [2.75, 3.05) is 11.1 Å². The van der Waals surface area contributed by atoms with Crippen molar-refractivity contribution in [1.29, 1.82) is 0 Å². The Morgan fingerprint density at radius 1 is 1.21 bits per heavy atom. The quantitative estimate of drug-likeness (QED) is 0.829. The Balaban J connectivity index is 2.31. The highest BCUT2D eigenvalue weighted by Crippen LogP contribution is 2.23. The topological polar surface area (TPSA) is 55.1 Å². The van der Waals surface area contributed by atoms with Crippen molar-refractivity contribution in [3.8, 4) is 0 Å². The number of amides is 1. The van der Waals surface area contributed by atoms with Gasteiger partial charge in [-0.2, -0.15) is 0 Å². The number of anilines is 2. The highest BCUT2D eigenvalue weighted by Gasteiger charge is 2.15. The van der Waals surface area contributed by atoms with Gasteiger partial charge in [0.2, 0.25) is 0 Å². The van der Waals surface area contributed by atoms with Crippen molar-refractivity contribution in [3.05, 3.63) is 58.6 Å². The molecule has 0 aromatic heterocycles. The van der Waals surface area contributed by atoms with Gasteiger partial charge in [-0.3, -0.25) is 4.79 Å². The fourth-order valence-electron chi connectivity index (χ4n) is 1.51. The van der Waals surface area contributed by atoms with Crippen LogP contribution in [0.4, 0.5) is 20.2 Å². The maximum atomic E-state index is 13.6. The lowest BCUT2D eigenvalue weighted by atomic mass is 10.1. The molecule has 0 bridgehead atoms. The molecule has 0 saturated heterocycles. The van der Waals surface area contributed by atoms with Gasteiger partial charge in [0.25, 0.3) is 5.91 Å². The minimum absolute atomic E-state index is 0.126. The molecule has 0 atom stereocenters. The maximum absolute atomic E-state index is 13.6. The molecule has 3 nitrogen and oxygen atoms in total. The number of carbonyl (C=O) groups is 1. The molecular weight excluding hydrogens is 274 g/mol. The van der Waals surface area contributed by atoms with Crippen LogP contribution in [-0.2, 0) is 0 Å². The number of carbonyl (C=O) groups excluding carboxylic acids is 1. The molecule has 98 valence electrons. The lowest BCUT2D eigenvalue weighted by Gasteiger charge is -2.08. The van der Waals surface area contributed by atoms with E-state index in [9.17, 15) is 13.6 Å². The number of hydrogen-bond acceptors (Lipinski definition) is 2. The normalized spacial score (nSPS) is 10.3. The maximum Gasteiger partial charge on any atom is 0.258 e. The van der Waals surface area contributed by atoms with Crippen LogP contribution < -0.4 is 11.1 Å². The van der Waals surface area contributed by atoms with E-state index in [1.165, 1.54) is 30.3 Å². The summed E-state index contributed by atoms with van der Waals surface area (Å²) < 4.78 is 27.1. The summed E-state index contributed by atoms with van der Waals surface area (Å²) in [4.78, 5) is 11.8. The number of hydrogen-bond donors (Lipinski definition) is 2. The highest BCUT2D eigenvalue weighted by atomic mass is 35.5. The number of nitrogens with two attached hydrogens (primary N) is 1. The van der Waals surface area contributed by atoms with Crippen LogP contribution in [0.25, 0.3) is 0 Å². The number of rotatable bonds is 2. The van der Waals surface area contributed by atoms with Crippen molar-refractivity contribution in [2.24, 2.45) is 0 Å². The van der Waals surface area contributed by atoms with Gasteiger partial charge in [0, 0.05) is 5.69 Å². The monoisotopic (exact) mass is 282 g/mol. The number of halogens is 3. The van der Waals surface area contributed by atoms with E-state index < -0.39 is 17.5 Å². The molecule has 6 heteroatoms. The van der Waals surface area contributed by atoms with Crippen molar-refractivity contribution in [3.63, 3.8) is 0 Å². The Bertz CT molecular complexity index is 647. The van der Waals surface area contributed by atoms with E-state index in [1.54, 1.807) is 0 Å². The van der Waals surface area contributed by atoms with Gasteiger partial charge in [-0.25, -0.2) is 8.78 Å². The highest BCUT2D eigenvalue weighted by molar-refractivity contribution is 6.31. The molecule has 0 unspecified atom stereocenters. The number of nitrogen functional groups attached to an aromatic ring is 1. The molecule has 0 saturated carbocycles. The molecule has 0 aliphatic rings. The molecule has 19 heavy (non-hydrogen) atoms. The minimum atomic E-state index is -0.800. The first-order valence-electron chi connectivity index (χ1n) is 5.29. The first-order valence-corrected chi connectivity index (χ1v) is 5.67. The molecule has 0 aliphatic carbocycles. The summed E-state index contributed by atoms with van der Waals surface area (Å²) in [6.45, 7) is 0. The smallest absolute Gasteiger partial charge is 0.258 e. The number of nitrogens with one attached hydrogen (secondary N) is 1. The third-order valence-corrected chi connectivity index (χ3v) is 2.73. The SMILES string of the molecule is Nc1ccc(F)c(C(=O)Nc2cccc(Cl)c2F)c1. The lowest BCUT2D eigenvalue weighted by molar-refractivity contribution is 0.102. The molecule has 0 heterocycles. The van der Waals surface area contributed by atoms with Crippen LogP contribution >= 0.6 is 11.6 Å². The Morgan fingerprint density at radius 2 is 1.95 bits per heavy atom. The van der Waals surface area contributed by atoms with Crippen LogP contribution in [0.3, 0.4) is 0 Å². The van der Waals surface area contributed by atoms with Crippen molar-refractivity contribution in [2.45, 2.75) is 0 Å². The summed E-state index contributed by atoms with van der Waals surface area (Å²) in [5.74, 6) is -2.32. The van der Waals surface area contributed by atoms with E-state index in [0.717, 1.165) is 6.07 Å². The fraction of sp³-hybridized carbons (Fsp3) is 0. The molecule has 2 aromatic carbocycles. The molecular formula is C13H9ClF2N2O. The Labute approximate surface area is 113 Å². The van der Waals surface area contributed by atoms with E-state index in [-0.39, 0.29) is 22.0 Å². The van der Waals surface area contributed by atoms with Gasteiger partial charge < -0.3 is 11.1 Å². The molecule has 3 N–H and O–H groups in total. The van der Waals surface area contributed by atoms with Gasteiger partial charge >= 0.3 is 0 Å². The second-order valence-corrected chi connectivity index (χ2v) is 4.20. The zero-order chi connectivity index (χ0) is 14.0. The average molecular weight is 283 g/mol. The zero-order valence-electron chi connectivity index (χ0n) is 9.58. The van der Waals surface area contributed by atoms with Crippen LogP contribution in [0.2, 0.25) is 5.02 Å². The van der Waals surface area contributed by atoms with Crippen LogP contribution in [0.5, 0.6) is 0 Å². The van der Waals surface area contributed by atoms with Gasteiger partial charge in [0.15, 0.2) is 5.82 Å². The zero-order valence-corrected chi connectivity index (χ0v) is 10.3. The van der Waals surface area contributed by atoms with Crippen molar-refractivity contribution < 1.29 is 13.6 Å². The lowest BCUT2D eigenvalue weighted by Crippen LogP contribution is -2.15. The predicted molar refractivity (Wildman–Crippen MR) is 70.2 cm³/mol. The third-order valence-electron chi connectivity index (χ3n) is 2.43. The van der Waals surface area contributed by atoms with Gasteiger partial charge in [-0.15, -0.1) is 0 Å². The molecule has 2 aromatic rings. The van der Waals surface area contributed by atoms with Crippen LogP contribution in [-0.4, -0.2) is 5.91 Å². The van der Waals surface area contributed by atoms with Gasteiger partial charge in [0.05, 0.1) is 16.3 Å². The summed E-state index contributed by atoms with van der Waals surface area (Å²) >= 11 is 5.58. The summed E-state index contributed by atoms with van der Waals surface area (Å²) in [6, 6.07) is 7.70. The first kappa shape index (κ1) is 13.3. The molecule has 1 amide bonds. The summed E-state index contributed by atoms with van der Waals surface area (Å²) in [7, 11) is 0. The standard InChI is InChI=1S/C13H9ClF2N2O/c14-9-2-1-3-11(12(9)16)18-13(19)8-6-7(17)4-5-10(8)15/h1-6H,17H2,(H,18,19). The fourth-order valence-corrected chi connectivity index (χ4v) is 1.68.